The molecule has 0 radical (unpaired) electrons. The summed E-state index contributed by atoms with van der Waals surface area (Å²) in [6.45, 7) is 4.77. The van der Waals surface area contributed by atoms with E-state index < -0.39 is 5.92 Å². The molecule has 0 bridgehead atoms. The first-order valence-corrected chi connectivity index (χ1v) is 16.0. The van der Waals surface area contributed by atoms with Crippen molar-refractivity contribution in [1.82, 2.24) is 0 Å². The molecular weight excluding hydrogens is 593 g/mol. The van der Waals surface area contributed by atoms with Crippen LogP contribution in [0.1, 0.15) is 63.5 Å². The van der Waals surface area contributed by atoms with Crippen LogP contribution >= 0.6 is 0 Å². The molecule has 1 aromatic heterocycles. The molecule has 1 aliphatic carbocycles. The Balaban J connectivity index is 1.33. The van der Waals surface area contributed by atoms with E-state index in [4.69, 9.17) is 14.9 Å². The van der Waals surface area contributed by atoms with Crippen LogP contribution in [0.2, 0.25) is 0 Å². The fourth-order valence-electron chi connectivity index (χ4n) is 4.91. The quantitative estimate of drug-likeness (QED) is 0.0828. The van der Waals surface area contributed by atoms with Crippen molar-refractivity contribution in [3.8, 4) is 5.75 Å². The first-order valence-electron chi connectivity index (χ1n) is 13.4. The summed E-state index contributed by atoms with van der Waals surface area (Å²) in [5, 5.41) is 1.03. The standard InChI is InChI=1S/C31H35INO5/c1-3-8-25-28(17-15-23-26(32-4-2)19-29(35)38-31(23)25)37-18-7-5-6-9-24-27(34)16-14-22(30(24)36)20-10-12-21(33)13-11-20/h10-15,17,19,24H,3-9,16,18,33H2,1-2H3/q-1. The number of halogens is 1. The topological polar surface area (TPSA) is 99.6 Å². The molecule has 0 spiro atoms. The molecule has 1 heterocycles. The molecule has 2 aromatic carbocycles. The minimum atomic E-state index is -0.576. The average molecular weight is 629 g/mol. The maximum atomic E-state index is 13.0. The van der Waals surface area contributed by atoms with E-state index in [1.807, 2.05) is 24.3 Å². The van der Waals surface area contributed by atoms with Crippen molar-refractivity contribution in [2.75, 3.05) is 16.8 Å². The van der Waals surface area contributed by atoms with Gasteiger partial charge in [-0.15, -0.1) is 0 Å². The number of nitrogen functional groups attached to an aromatic ring is 1. The first-order chi connectivity index (χ1) is 18.4. The number of carbonyl (C=O) groups is 2. The third-order valence-electron chi connectivity index (χ3n) is 6.79. The summed E-state index contributed by atoms with van der Waals surface area (Å²) in [5.41, 5.74) is 9.18. The Hall–Kier alpha value is -2.94. The number of hydrogen-bond acceptors (Lipinski definition) is 6. The molecule has 2 N–H and O–H groups in total. The summed E-state index contributed by atoms with van der Waals surface area (Å²) in [6.07, 6.45) is 6.72. The Labute approximate surface area is 233 Å². The Morgan fingerprint density at radius 2 is 1.82 bits per heavy atom. The SMILES string of the molecule is CCCc1c(OCCCCCC2C(=O)CC=C(c3ccc(N)cc3)C2=O)ccc2c([I-]CC)cc(=O)oc12. The van der Waals surface area contributed by atoms with Crippen molar-refractivity contribution in [3.63, 3.8) is 0 Å². The van der Waals surface area contributed by atoms with Gasteiger partial charge in [-0.1, -0.05) is 18.2 Å². The van der Waals surface area contributed by atoms with Gasteiger partial charge >= 0.3 is 154 Å². The molecule has 7 heteroatoms. The molecule has 0 saturated heterocycles. The number of allylic oxidation sites excluding steroid dienone is 2. The zero-order chi connectivity index (χ0) is 27.1. The number of Topliss-reactive ketones (excluding diaryl/α,β-unsaturated/α-hetero) is 2. The first kappa shape index (κ1) is 28.1. The molecule has 1 unspecified atom stereocenters. The second kappa shape index (κ2) is 13.2. The monoisotopic (exact) mass is 628 g/mol. The third kappa shape index (κ3) is 6.54. The van der Waals surface area contributed by atoms with Crippen molar-refractivity contribution >= 4 is 33.8 Å². The van der Waals surface area contributed by atoms with Gasteiger partial charge in [0, 0.05) is 17.7 Å². The molecule has 38 heavy (non-hydrogen) atoms. The minimum absolute atomic E-state index is 0.00262. The van der Waals surface area contributed by atoms with Gasteiger partial charge in [0.25, 0.3) is 0 Å². The summed E-state index contributed by atoms with van der Waals surface area (Å²) >= 11 is -0.228. The van der Waals surface area contributed by atoms with Crippen molar-refractivity contribution in [1.29, 1.82) is 0 Å². The van der Waals surface area contributed by atoms with Gasteiger partial charge in [0.2, 0.25) is 0 Å². The van der Waals surface area contributed by atoms with Crippen molar-refractivity contribution < 1.29 is 39.9 Å². The summed E-state index contributed by atoms with van der Waals surface area (Å²) < 4.78 is 14.0. The molecule has 3 aromatic rings. The van der Waals surface area contributed by atoms with Gasteiger partial charge in [-0.2, -0.15) is 0 Å². The van der Waals surface area contributed by atoms with Crippen molar-refractivity contribution in [2.24, 2.45) is 5.92 Å². The number of rotatable bonds is 12. The predicted molar refractivity (Wildman–Crippen MR) is 147 cm³/mol. The van der Waals surface area contributed by atoms with Crippen LogP contribution in [0.3, 0.4) is 0 Å². The maximum absolute atomic E-state index is 13.0. The Bertz CT molecular complexity index is 1390. The normalized spacial score (nSPS) is 15.7. The van der Waals surface area contributed by atoms with E-state index in [0.717, 1.165) is 62.4 Å². The molecule has 0 fully saturated rings. The van der Waals surface area contributed by atoms with Crippen LogP contribution in [0, 0.1) is 9.49 Å². The number of alkyl halides is 1. The molecule has 4 rings (SSSR count). The molecule has 0 amide bonds. The second-order valence-electron chi connectivity index (χ2n) is 9.51. The van der Waals surface area contributed by atoms with Crippen LogP contribution in [-0.2, 0) is 16.0 Å². The number of aryl methyl sites for hydroxylation is 1. The summed E-state index contributed by atoms with van der Waals surface area (Å²) in [7, 11) is 0. The second-order valence-corrected chi connectivity index (χ2v) is 13.0. The molecule has 1 atom stereocenters. The fraction of sp³-hybridized carbons (Fsp3) is 0.387. The number of carbonyl (C=O) groups excluding carboxylic acids is 2. The molecule has 202 valence electrons. The van der Waals surface area contributed by atoms with E-state index in [-0.39, 0.29) is 38.4 Å². The van der Waals surface area contributed by atoms with Crippen LogP contribution in [0.25, 0.3) is 16.5 Å². The summed E-state index contributed by atoms with van der Waals surface area (Å²) in [4.78, 5) is 37.8. The van der Waals surface area contributed by atoms with Crippen LogP contribution in [0.4, 0.5) is 5.69 Å². The number of nitrogens with two attached hydrogens (primary N) is 1. The summed E-state index contributed by atoms with van der Waals surface area (Å²) in [6, 6.07) is 12.9. The van der Waals surface area contributed by atoms with E-state index in [2.05, 4.69) is 13.8 Å². The van der Waals surface area contributed by atoms with Gasteiger partial charge in [0.1, 0.15) is 5.78 Å². The molecular formula is C31H35INO5-. The zero-order valence-corrected chi connectivity index (χ0v) is 24.2. The van der Waals surface area contributed by atoms with Gasteiger partial charge in [0.05, 0.1) is 0 Å². The Morgan fingerprint density at radius 3 is 2.55 bits per heavy atom. The molecule has 6 nitrogen and oxygen atoms in total. The number of ketones is 2. The molecule has 0 aliphatic heterocycles. The van der Waals surface area contributed by atoms with Crippen molar-refractivity contribution in [3.05, 3.63) is 73.7 Å². The van der Waals surface area contributed by atoms with Gasteiger partial charge in [-0.05, 0) is 17.7 Å². The van der Waals surface area contributed by atoms with Gasteiger partial charge in [-0.3, -0.25) is 9.59 Å². The van der Waals surface area contributed by atoms with E-state index in [0.29, 0.717) is 36.3 Å². The fourth-order valence-corrected chi connectivity index (χ4v) is 7.04. The van der Waals surface area contributed by atoms with Crippen LogP contribution in [0.5, 0.6) is 5.75 Å². The van der Waals surface area contributed by atoms with E-state index >= 15 is 0 Å². The molecule has 0 saturated carbocycles. The van der Waals surface area contributed by atoms with Gasteiger partial charge in [-0.25, -0.2) is 0 Å². The number of fused-ring (bicyclic) bond motifs is 1. The number of anilines is 1. The van der Waals surface area contributed by atoms with E-state index in [1.54, 1.807) is 24.3 Å². The van der Waals surface area contributed by atoms with Crippen molar-refractivity contribution in [2.45, 2.75) is 58.8 Å². The van der Waals surface area contributed by atoms with Gasteiger partial charge < -0.3 is 5.73 Å². The third-order valence-corrected chi connectivity index (χ3v) is 9.27. The van der Waals surface area contributed by atoms with E-state index in [1.165, 1.54) is 0 Å². The number of hydrogen-bond donors (Lipinski definition) is 1. The van der Waals surface area contributed by atoms with Crippen LogP contribution in [0.15, 0.2) is 57.8 Å². The van der Waals surface area contributed by atoms with E-state index in [9.17, 15) is 14.4 Å². The van der Waals surface area contributed by atoms with Crippen LogP contribution < -0.4 is 37.3 Å². The number of unbranched alkanes of at least 4 members (excludes halogenated alkanes) is 2. The Morgan fingerprint density at radius 1 is 1.03 bits per heavy atom. The average Bonchev–Trinajstić information content (AvgIpc) is 2.90. The predicted octanol–water partition coefficient (Wildman–Crippen LogP) is 2.79. The Kier molecular flexibility index (Phi) is 9.77. The number of ether oxygens (including phenoxy) is 1. The van der Waals surface area contributed by atoms with Crippen LogP contribution in [-0.4, -0.2) is 22.6 Å². The summed E-state index contributed by atoms with van der Waals surface area (Å²) in [5.74, 6) is 0.101. The molecule has 1 aliphatic rings. The zero-order valence-electron chi connectivity index (χ0n) is 22.1. The number of benzene rings is 2. The van der Waals surface area contributed by atoms with Gasteiger partial charge in [0.15, 0.2) is 5.78 Å².